The number of nitrogens with zero attached hydrogens (tertiary/aromatic N) is 2. The fourth-order valence-corrected chi connectivity index (χ4v) is 3.99. The number of rotatable bonds is 9. The second-order valence-corrected chi connectivity index (χ2v) is 8.36. The molecule has 0 aliphatic rings. The molecule has 7 heteroatoms. The van der Waals surface area contributed by atoms with Crippen molar-refractivity contribution in [2.24, 2.45) is 0 Å². The number of fused-ring (bicyclic) bond motifs is 1. The largest absolute Gasteiger partial charge is 0.455 e. The van der Waals surface area contributed by atoms with E-state index in [1.807, 2.05) is 84.9 Å². The lowest BCUT2D eigenvalue weighted by atomic mass is 9.99. The van der Waals surface area contributed by atoms with Gasteiger partial charge in [0.05, 0.1) is 29.0 Å². The zero-order valence-electron chi connectivity index (χ0n) is 17.9. The predicted octanol–water partition coefficient (Wildman–Crippen LogP) is 4.37. The van der Waals surface area contributed by atoms with Crippen molar-refractivity contribution in [3.63, 3.8) is 0 Å². The number of aromatic nitrogens is 2. The zero-order chi connectivity index (χ0) is 22.9. The van der Waals surface area contributed by atoms with Crippen LogP contribution in [0.15, 0.2) is 96.2 Å². The van der Waals surface area contributed by atoms with Crippen molar-refractivity contribution in [1.29, 1.82) is 0 Å². The number of hydrogen-bond donors (Lipinski definition) is 1. The Kier molecular flexibility index (Phi) is 7.66. The van der Waals surface area contributed by atoms with Crippen molar-refractivity contribution in [3.05, 3.63) is 102 Å². The van der Waals surface area contributed by atoms with E-state index in [-0.39, 0.29) is 24.3 Å². The van der Waals surface area contributed by atoms with Gasteiger partial charge in [-0.25, -0.2) is 4.98 Å². The van der Waals surface area contributed by atoms with Crippen LogP contribution in [0.2, 0.25) is 0 Å². The number of thioether (sulfide) groups is 1. The Morgan fingerprint density at radius 1 is 0.879 bits per heavy atom. The summed E-state index contributed by atoms with van der Waals surface area (Å²) in [6.07, 6.45) is 2.27. The van der Waals surface area contributed by atoms with E-state index in [1.165, 1.54) is 11.8 Å². The summed E-state index contributed by atoms with van der Waals surface area (Å²) in [5.74, 6) is -0.778. The van der Waals surface area contributed by atoms with Crippen LogP contribution in [0, 0.1) is 0 Å². The normalized spacial score (nSPS) is 11.6. The van der Waals surface area contributed by atoms with Gasteiger partial charge < -0.3 is 10.1 Å². The number of carbonyl (C=O) groups is 2. The number of carbonyl (C=O) groups excluding carboxylic acids is 2. The summed E-state index contributed by atoms with van der Waals surface area (Å²) in [7, 11) is 0. The molecule has 0 fully saturated rings. The molecule has 0 saturated heterocycles. The number of hydrogen-bond acceptors (Lipinski definition) is 6. The van der Waals surface area contributed by atoms with Crippen LogP contribution in [0.3, 0.4) is 0 Å². The third kappa shape index (κ3) is 6.63. The highest BCUT2D eigenvalue weighted by Crippen LogP contribution is 2.19. The SMILES string of the molecule is O=C(COC(=O)CSc1cnc2ccccc2n1)NC(Cc1ccccc1)c1ccccc1. The fraction of sp³-hybridized carbons (Fsp3) is 0.154. The van der Waals surface area contributed by atoms with Crippen molar-refractivity contribution in [2.75, 3.05) is 12.4 Å². The Balaban J connectivity index is 1.29. The Hall–Kier alpha value is -3.71. The summed E-state index contributed by atoms with van der Waals surface area (Å²) < 4.78 is 5.18. The second-order valence-electron chi connectivity index (χ2n) is 7.37. The van der Waals surface area contributed by atoms with Crippen LogP contribution in [0.1, 0.15) is 17.2 Å². The van der Waals surface area contributed by atoms with Crippen LogP contribution in [-0.4, -0.2) is 34.2 Å². The molecule has 1 N–H and O–H groups in total. The highest BCUT2D eigenvalue weighted by atomic mass is 32.2. The van der Waals surface area contributed by atoms with Crippen molar-refractivity contribution < 1.29 is 14.3 Å². The van der Waals surface area contributed by atoms with Gasteiger partial charge in [-0.1, -0.05) is 84.6 Å². The van der Waals surface area contributed by atoms with Gasteiger partial charge in [-0.15, -0.1) is 0 Å². The molecule has 0 aliphatic carbocycles. The average molecular weight is 458 g/mol. The first kappa shape index (κ1) is 22.5. The highest BCUT2D eigenvalue weighted by Gasteiger charge is 2.17. The molecule has 1 atom stereocenters. The zero-order valence-corrected chi connectivity index (χ0v) is 18.7. The summed E-state index contributed by atoms with van der Waals surface area (Å²) in [5, 5.41) is 3.61. The van der Waals surface area contributed by atoms with Crippen LogP contribution < -0.4 is 5.32 Å². The maximum absolute atomic E-state index is 12.5. The van der Waals surface area contributed by atoms with Gasteiger partial charge in [0.25, 0.3) is 5.91 Å². The summed E-state index contributed by atoms with van der Waals surface area (Å²) in [6.45, 7) is -0.332. The van der Waals surface area contributed by atoms with Gasteiger partial charge in [-0.2, -0.15) is 0 Å². The molecular formula is C26H23N3O3S. The third-order valence-corrected chi connectivity index (χ3v) is 5.82. The lowest BCUT2D eigenvalue weighted by molar-refractivity contribution is -0.146. The lowest BCUT2D eigenvalue weighted by Crippen LogP contribution is -2.33. The van der Waals surface area contributed by atoms with E-state index in [4.69, 9.17) is 4.74 Å². The van der Waals surface area contributed by atoms with Crippen LogP contribution in [0.25, 0.3) is 11.0 Å². The molecule has 4 aromatic rings. The van der Waals surface area contributed by atoms with Crippen LogP contribution in [0.5, 0.6) is 0 Å². The fourth-order valence-electron chi connectivity index (χ4n) is 3.35. The molecule has 1 heterocycles. The van der Waals surface area contributed by atoms with Gasteiger partial charge in [0.2, 0.25) is 0 Å². The van der Waals surface area contributed by atoms with Gasteiger partial charge in [0.1, 0.15) is 5.03 Å². The molecule has 1 aromatic heterocycles. The van der Waals surface area contributed by atoms with E-state index in [0.717, 1.165) is 22.2 Å². The van der Waals surface area contributed by atoms with Crippen LogP contribution >= 0.6 is 11.8 Å². The van der Waals surface area contributed by atoms with Gasteiger partial charge in [-0.05, 0) is 29.7 Å². The molecule has 166 valence electrons. The summed E-state index contributed by atoms with van der Waals surface area (Å²) in [5.41, 5.74) is 3.66. The second kappa shape index (κ2) is 11.2. The summed E-state index contributed by atoms with van der Waals surface area (Å²) in [6, 6.07) is 27.0. The van der Waals surface area contributed by atoms with E-state index < -0.39 is 5.97 Å². The van der Waals surface area contributed by atoms with Gasteiger partial charge in [0.15, 0.2) is 6.61 Å². The third-order valence-electron chi connectivity index (χ3n) is 4.95. The Labute approximate surface area is 196 Å². The topological polar surface area (TPSA) is 81.2 Å². The molecule has 1 unspecified atom stereocenters. The first-order valence-corrected chi connectivity index (χ1v) is 11.5. The maximum atomic E-state index is 12.5. The first-order valence-electron chi connectivity index (χ1n) is 10.6. The Morgan fingerprint density at radius 3 is 2.30 bits per heavy atom. The van der Waals surface area contributed by atoms with E-state index in [0.29, 0.717) is 11.4 Å². The molecule has 0 spiro atoms. The number of amides is 1. The molecule has 0 radical (unpaired) electrons. The van der Waals surface area contributed by atoms with E-state index in [2.05, 4.69) is 15.3 Å². The number of ether oxygens (including phenoxy) is 1. The smallest absolute Gasteiger partial charge is 0.316 e. The monoisotopic (exact) mass is 457 g/mol. The number of esters is 1. The average Bonchev–Trinajstić information content (AvgIpc) is 2.87. The quantitative estimate of drug-likeness (QED) is 0.297. The molecule has 0 aliphatic heterocycles. The maximum Gasteiger partial charge on any atom is 0.316 e. The van der Waals surface area contributed by atoms with E-state index in [9.17, 15) is 9.59 Å². The first-order chi connectivity index (χ1) is 16.2. The molecule has 0 bridgehead atoms. The number of benzene rings is 3. The molecule has 6 nitrogen and oxygen atoms in total. The van der Waals surface area contributed by atoms with Crippen molar-refractivity contribution in [1.82, 2.24) is 15.3 Å². The Bertz CT molecular complexity index is 1220. The Morgan fingerprint density at radius 2 is 1.55 bits per heavy atom. The highest BCUT2D eigenvalue weighted by molar-refractivity contribution is 7.99. The van der Waals surface area contributed by atoms with Gasteiger partial charge in [0, 0.05) is 0 Å². The van der Waals surface area contributed by atoms with E-state index >= 15 is 0 Å². The van der Waals surface area contributed by atoms with Gasteiger partial charge >= 0.3 is 5.97 Å². The minimum Gasteiger partial charge on any atom is -0.455 e. The van der Waals surface area contributed by atoms with E-state index in [1.54, 1.807) is 6.20 Å². The molecule has 0 saturated carbocycles. The molecule has 3 aromatic carbocycles. The molecular weight excluding hydrogens is 434 g/mol. The number of para-hydroxylation sites is 2. The minimum atomic E-state index is -0.482. The molecule has 33 heavy (non-hydrogen) atoms. The molecule has 1 amide bonds. The molecule has 4 rings (SSSR count). The summed E-state index contributed by atoms with van der Waals surface area (Å²) >= 11 is 1.23. The van der Waals surface area contributed by atoms with Crippen molar-refractivity contribution >= 4 is 34.7 Å². The standard InChI is InChI=1S/C26H23N3O3S/c30-24(28-23(20-11-5-2-6-12-20)15-19-9-3-1-4-10-19)17-32-26(31)18-33-25-16-27-21-13-7-8-14-22(21)29-25/h1-14,16,23H,15,17-18H2,(H,28,30). The van der Waals surface area contributed by atoms with Crippen LogP contribution in [-0.2, 0) is 20.7 Å². The number of nitrogens with one attached hydrogen (secondary N) is 1. The summed E-state index contributed by atoms with van der Waals surface area (Å²) in [4.78, 5) is 33.5. The van der Waals surface area contributed by atoms with Crippen molar-refractivity contribution in [3.8, 4) is 0 Å². The van der Waals surface area contributed by atoms with Crippen molar-refractivity contribution in [2.45, 2.75) is 17.5 Å². The lowest BCUT2D eigenvalue weighted by Gasteiger charge is -2.19. The minimum absolute atomic E-state index is 0.0480. The predicted molar refractivity (Wildman–Crippen MR) is 129 cm³/mol. The van der Waals surface area contributed by atoms with Gasteiger partial charge in [-0.3, -0.25) is 14.6 Å². The van der Waals surface area contributed by atoms with Crippen LogP contribution in [0.4, 0.5) is 0 Å².